The maximum atomic E-state index is 11.9. The van der Waals surface area contributed by atoms with Gasteiger partial charge in [0.25, 0.3) is 5.91 Å². The molecular weight excluding hydrogens is 216 g/mol. The van der Waals surface area contributed by atoms with E-state index in [9.17, 15) is 9.59 Å². The Morgan fingerprint density at radius 3 is 3.00 bits per heavy atom. The van der Waals surface area contributed by atoms with Crippen molar-refractivity contribution in [1.29, 1.82) is 0 Å². The van der Waals surface area contributed by atoms with Crippen LogP contribution >= 0.6 is 11.3 Å². The Bertz CT molecular complexity index is 377. The monoisotopic (exact) mass is 226 g/mol. The number of hydrogen-bond acceptors (Lipinski definition) is 4. The summed E-state index contributed by atoms with van der Waals surface area (Å²) in [5.74, 6) is -1.15. The molecule has 0 saturated carbocycles. The zero-order valence-corrected chi connectivity index (χ0v) is 8.74. The van der Waals surface area contributed by atoms with Gasteiger partial charge in [-0.2, -0.15) is 0 Å². The van der Waals surface area contributed by atoms with Gasteiger partial charge in [-0.15, -0.1) is 11.3 Å². The highest BCUT2D eigenvalue weighted by atomic mass is 32.1. The van der Waals surface area contributed by atoms with E-state index in [2.05, 4.69) is 4.98 Å². The molecular formula is C9H10N2O3S. The Kier molecular flexibility index (Phi) is 2.68. The number of carboxylic acids is 1. The first-order chi connectivity index (χ1) is 7.20. The molecule has 0 radical (unpaired) electrons. The molecule has 1 aliphatic rings. The second-order valence-electron chi connectivity index (χ2n) is 3.36. The SMILES string of the molecule is O=C(O)[C@H]1CCCN1C(=O)c1cncs1. The largest absolute Gasteiger partial charge is 0.480 e. The van der Waals surface area contributed by atoms with E-state index in [0.29, 0.717) is 17.8 Å². The van der Waals surface area contributed by atoms with Crippen molar-refractivity contribution < 1.29 is 14.7 Å². The van der Waals surface area contributed by atoms with E-state index in [1.54, 1.807) is 5.51 Å². The van der Waals surface area contributed by atoms with Gasteiger partial charge in [0.2, 0.25) is 0 Å². The molecule has 6 heteroatoms. The van der Waals surface area contributed by atoms with E-state index in [1.165, 1.54) is 22.4 Å². The Morgan fingerprint density at radius 2 is 2.40 bits per heavy atom. The number of hydrogen-bond donors (Lipinski definition) is 1. The van der Waals surface area contributed by atoms with E-state index in [0.717, 1.165) is 6.42 Å². The molecule has 0 spiro atoms. The van der Waals surface area contributed by atoms with Crippen molar-refractivity contribution in [3.8, 4) is 0 Å². The molecule has 0 bridgehead atoms. The summed E-state index contributed by atoms with van der Waals surface area (Å²) in [4.78, 5) is 28.5. The summed E-state index contributed by atoms with van der Waals surface area (Å²) in [5, 5.41) is 8.92. The summed E-state index contributed by atoms with van der Waals surface area (Å²) in [5.41, 5.74) is 1.57. The third-order valence-electron chi connectivity index (χ3n) is 2.44. The highest BCUT2D eigenvalue weighted by Crippen LogP contribution is 2.21. The molecule has 2 rings (SSSR count). The van der Waals surface area contributed by atoms with Crippen LogP contribution < -0.4 is 0 Å². The van der Waals surface area contributed by atoms with Gasteiger partial charge in [-0.05, 0) is 12.8 Å². The highest BCUT2D eigenvalue weighted by molar-refractivity contribution is 7.11. The first-order valence-corrected chi connectivity index (χ1v) is 5.50. The number of aromatic nitrogens is 1. The molecule has 1 N–H and O–H groups in total. The average molecular weight is 226 g/mol. The van der Waals surface area contributed by atoms with Crippen molar-refractivity contribution in [3.63, 3.8) is 0 Å². The van der Waals surface area contributed by atoms with Crippen LogP contribution in [0.3, 0.4) is 0 Å². The van der Waals surface area contributed by atoms with Crippen LogP contribution in [0.5, 0.6) is 0 Å². The van der Waals surface area contributed by atoms with Crippen LogP contribution in [0.4, 0.5) is 0 Å². The highest BCUT2D eigenvalue weighted by Gasteiger charge is 2.34. The van der Waals surface area contributed by atoms with Gasteiger partial charge in [-0.1, -0.05) is 0 Å². The number of nitrogens with zero attached hydrogens (tertiary/aromatic N) is 2. The van der Waals surface area contributed by atoms with Crippen LogP contribution in [0.25, 0.3) is 0 Å². The van der Waals surface area contributed by atoms with Gasteiger partial charge in [0.15, 0.2) is 0 Å². The minimum absolute atomic E-state index is 0.220. The Labute approximate surface area is 90.4 Å². The van der Waals surface area contributed by atoms with Gasteiger partial charge < -0.3 is 10.0 Å². The van der Waals surface area contributed by atoms with Crippen molar-refractivity contribution >= 4 is 23.2 Å². The first-order valence-electron chi connectivity index (χ1n) is 4.62. The van der Waals surface area contributed by atoms with Crippen molar-refractivity contribution in [2.45, 2.75) is 18.9 Å². The van der Waals surface area contributed by atoms with Crippen molar-refractivity contribution in [1.82, 2.24) is 9.88 Å². The lowest BCUT2D eigenvalue weighted by Crippen LogP contribution is -2.40. The number of rotatable bonds is 2. The third-order valence-corrected chi connectivity index (χ3v) is 3.20. The van der Waals surface area contributed by atoms with Gasteiger partial charge in [0.1, 0.15) is 10.9 Å². The maximum absolute atomic E-state index is 11.9. The topological polar surface area (TPSA) is 70.5 Å². The fraction of sp³-hybridized carbons (Fsp3) is 0.444. The standard InChI is InChI=1S/C9H10N2O3S/c12-8(7-4-10-5-15-7)11-3-1-2-6(11)9(13)14/h4-6H,1-3H2,(H,13,14)/t6-/m1/s1. The average Bonchev–Trinajstić information content (AvgIpc) is 2.88. The van der Waals surface area contributed by atoms with Crippen molar-refractivity contribution in [3.05, 3.63) is 16.6 Å². The predicted octanol–water partition coefficient (Wildman–Crippen LogP) is 0.832. The number of amides is 1. The Hall–Kier alpha value is -1.43. The quantitative estimate of drug-likeness (QED) is 0.811. The molecule has 2 heterocycles. The second kappa shape index (κ2) is 3.98. The molecule has 0 aliphatic carbocycles. The molecule has 1 aromatic heterocycles. The van der Waals surface area contributed by atoms with E-state index >= 15 is 0 Å². The predicted molar refractivity (Wildman–Crippen MR) is 53.8 cm³/mol. The normalized spacial score (nSPS) is 20.5. The van der Waals surface area contributed by atoms with E-state index in [4.69, 9.17) is 5.11 Å². The minimum Gasteiger partial charge on any atom is -0.480 e. The molecule has 1 aliphatic heterocycles. The fourth-order valence-electron chi connectivity index (χ4n) is 1.73. The third kappa shape index (κ3) is 1.85. The number of carbonyl (C=O) groups excluding carboxylic acids is 1. The molecule has 1 atom stereocenters. The van der Waals surface area contributed by atoms with Gasteiger partial charge >= 0.3 is 5.97 Å². The zero-order valence-electron chi connectivity index (χ0n) is 7.92. The number of carbonyl (C=O) groups is 2. The van der Waals surface area contributed by atoms with Crippen LogP contribution in [0.2, 0.25) is 0 Å². The molecule has 5 nitrogen and oxygen atoms in total. The Morgan fingerprint density at radius 1 is 1.60 bits per heavy atom. The van der Waals surface area contributed by atoms with Gasteiger partial charge in [0, 0.05) is 6.54 Å². The molecule has 0 aromatic carbocycles. The molecule has 0 unspecified atom stereocenters. The zero-order chi connectivity index (χ0) is 10.8. The van der Waals surface area contributed by atoms with Crippen molar-refractivity contribution in [2.75, 3.05) is 6.54 Å². The molecule has 1 fully saturated rings. The Balaban J connectivity index is 2.17. The molecule has 1 amide bonds. The summed E-state index contributed by atoms with van der Waals surface area (Å²) < 4.78 is 0. The molecule has 1 saturated heterocycles. The lowest BCUT2D eigenvalue weighted by molar-refractivity contribution is -0.141. The van der Waals surface area contributed by atoms with E-state index < -0.39 is 12.0 Å². The molecule has 1 aromatic rings. The molecule has 15 heavy (non-hydrogen) atoms. The summed E-state index contributed by atoms with van der Waals surface area (Å²) in [7, 11) is 0. The number of carboxylic acid groups (broad SMARTS) is 1. The number of thiazole rings is 1. The number of likely N-dealkylation sites (tertiary alicyclic amines) is 1. The fourth-order valence-corrected chi connectivity index (χ4v) is 2.30. The number of aliphatic carboxylic acids is 1. The van der Waals surface area contributed by atoms with Crippen LogP contribution in [0.15, 0.2) is 11.7 Å². The van der Waals surface area contributed by atoms with Crippen LogP contribution in [-0.2, 0) is 4.79 Å². The lowest BCUT2D eigenvalue weighted by Gasteiger charge is -2.20. The van der Waals surface area contributed by atoms with Gasteiger partial charge in [0.05, 0.1) is 11.7 Å². The van der Waals surface area contributed by atoms with Crippen LogP contribution in [-0.4, -0.2) is 39.5 Å². The first kappa shape index (κ1) is 10.1. The van der Waals surface area contributed by atoms with Gasteiger partial charge in [-0.3, -0.25) is 9.78 Å². The van der Waals surface area contributed by atoms with E-state index in [-0.39, 0.29) is 5.91 Å². The van der Waals surface area contributed by atoms with Gasteiger partial charge in [-0.25, -0.2) is 4.79 Å². The molecule has 80 valence electrons. The van der Waals surface area contributed by atoms with Crippen LogP contribution in [0, 0.1) is 0 Å². The lowest BCUT2D eigenvalue weighted by atomic mass is 10.2. The maximum Gasteiger partial charge on any atom is 0.326 e. The smallest absolute Gasteiger partial charge is 0.326 e. The summed E-state index contributed by atoms with van der Waals surface area (Å²) in [6.45, 7) is 0.522. The van der Waals surface area contributed by atoms with Crippen LogP contribution in [0.1, 0.15) is 22.5 Å². The van der Waals surface area contributed by atoms with Crippen molar-refractivity contribution in [2.24, 2.45) is 0 Å². The summed E-state index contributed by atoms with van der Waals surface area (Å²) in [6.07, 6.45) is 2.77. The summed E-state index contributed by atoms with van der Waals surface area (Å²) >= 11 is 1.24. The summed E-state index contributed by atoms with van der Waals surface area (Å²) in [6, 6.07) is -0.667. The minimum atomic E-state index is -0.926. The van der Waals surface area contributed by atoms with E-state index in [1.807, 2.05) is 0 Å². The second-order valence-corrected chi connectivity index (χ2v) is 4.25.